The lowest BCUT2D eigenvalue weighted by molar-refractivity contribution is -0.102. The van der Waals surface area contributed by atoms with E-state index in [-0.39, 0.29) is 11.2 Å². The van der Waals surface area contributed by atoms with E-state index in [1.165, 1.54) is 0 Å². The second-order valence-electron chi connectivity index (χ2n) is 5.35. The van der Waals surface area contributed by atoms with Gasteiger partial charge >= 0.3 is 6.09 Å². The molecule has 0 saturated carbocycles. The Bertz CT molecular complexity index is 180. The van der Waals surface area contributed by atoms with Crippen molar-refractivity contribution in [2.45, 2.75) is 52.7 Å². The van der Waals surface area contributed by atoms with Gasteiger partial charge in [0.15, 0.2) is 0 Å². The molecule has 0 fully saturated rings. The van der Waals surface area contributed by atoms with Gasteiger partial charge in [-0.2, -0.15) is 0 Å². The summed E-state index contributed by atoms with van der Waals surface area (Å²) < 4.78 is 5.62. The molecule has 0 atom stereocenters. The van der Waals surface area contributed by atoms with Crippen LogP contribution in [-0.2, 0) is 4.74 Å². The van der Waals surface area contributed by atoms with Crippen molar-refractivity contribution in [3.63, 3.8) is 0 Å². The molecule has 5 heteroatoms. The van der Waals surface area contributed by atoms with Crippen molar-refractivity contribution in [2.75, 3.05) is 13.1 Å². The van der Waals surface area contributed by atoms with Gasteiger partial charge in [0.05, 0.1) is 11.2 Å². The Morgan fingerprint density at radius 1 is 1.19 bits per heavy atom. The molecular weight excluding hydrogens is 208 g/mol. The first-order chi connectivity index (χ1) is 6.98. The Kier molecular flexibility index (Phi) is 8.20. The number of hydrogen-bond acceptors (Lipinski definition) is 3. The fourth-order valence-electron chi connectivity index (χ4n) is 1.10. The van der Waals surface area contributed by atoms with Crippen molar-refractivity contribution in [1.29, 1.82) is 0 Å². The molecule has 0 aromatic carbocycles. The number of ether oxygens (including phenoxy) is 1. The highest BCUT2D eigenvalue weighted by Crippen LogP contribution is 2.17. The third-order valence-electron chi connectivity index (χ3n) is 1.03. The van der Waals surface area contributed by atoms with Gasteiger partial charge in [-0.3, -0.25) is 0 Å². The number of hydrogen-bond donors (Lipinski definition) is 3. The van der Waals surface area contributed by atoms with Crippen molar-refractivity contribution in [3.05, 3.63) is 0 Å². The van der Waals surface area contributed by atoms with E-state index >= 15 is 0 Å². The highest BCUT2D eigenvalue weighted by atomic mass is 16.5. The first-order valence-electron chi connectivity index (χ1n) is 5.35. The number of nitrogens with two attached hydrogens (primary N) is 1. The second kappa shape index (κ2) is 7.46. The predicted octanol–water partition coefficient (Wildman–Crippen LogP) is 1.81. The first-order valence-corrected chi connectivity index (χ1v) is 5.35. The van der Waals surface area contributed by atoms with Gasteiger partial charge in [-0.25, -0.2) is 4.79 Å². The molecule has 0 aliphatic heterocycles. The van der Waals surface area contributed by atoms with Crippen molar-refractivity contribution in [1.82, 2.24) is 5.32 Å². The lowest BCUT2D eigenvalue weighted by atomic mass is 10.1. The number of amides is 1. The lowest BCUT2D eigenvalue weighted by Gasteiger charge is -2.30. The largest absolute Gasteiger partial charge is 0.465 e. The maximum absolute atomic E-state index is 9.59. The molecule has 4 N–H and O–H groups in total. The van der Waals surface area contributed by atoms with Gasteiger partial charge in [0.1, 0.15) is 0 Å². The molecule has 0 aliphatic carbocycles. The summed E-state index contributed by atoms with van der Waals surface area (Å²) in [6.07, 6.45) is -1.02. The van der Waals surface area contributed by atoms with E-state index in [1.807, 2.05) is 0 Å². The molecule has 0 aromatic rings. The molecule has 0 rings (SSSR count). The summed E-state index contributed by atoms with van der Waals surface area (Å²) in [5.74, 6) is 0. The van der Waals surface area contributed by atoms with E-state index in [2.05, 4.69) is 46.9 Å². The molecule has 0 heterocycles. The van der Waals surface area contributed by atoms with Crippen LogP contribution in [0.5, 0.6) is 0 Å². The normalized spacial score (nSPS) is 11.4. The Morgan fingerprint density at radius 3 is 1.62 bits per heavy atom. The van der Waals surface area contributed by atoms with E-state index in [0.29, 0.717) is 13.1 Å². The van der Waals surface area contributed by atoms with Gasteiger partial charge in [-0.15, -0.1) is 0 Å². The van der Waals surface area contributed by atoms with Crippen molar-refractivity contribution in [3.8, 4) is 0 Å². The van der Waals surface area contributed by atoms with Gasteiger partial charge in [-0.05, 0) is 41.5 Å². The average Bonchev–Trinajstić information content (AvgIpc) is 1.94. The third kappa shape index (κ3) is 23.2. The molecule has 0 aliphatic rings. The van der Waals surface area contributed by atoms with Gasteiger partial charge in [0.25, 0.3) is 0 Å². The van der Waals surface area contributed by atoms with E-state index < -0.39 is 6.09 Å². The predicted molar refractivity (Wildman–Crippen MR) is 65.7 cm³/mol. The Hall–Kier alpha value is -0.810. The lowest BCUT2D eigenvalue weighted by Crippen LogP contribution is -2.31. The van der Waals surface area contributed by atoms with Crippen LogP contribution in [0, 0.1) is 0 Å². The minimum atomic E-state index is -1.02. The zero-order chi connectivity index (χ0) is 13.4. The molecule has 0 unspecified atom stereocenters. The van der Waals surface area contributed by atoms with Crippen LogP contribution in [0.3, 0.4) is 0 Å². The van der Waals surface area contributed by atoms with Gasteiger partial charge < -0.3 is 20.9 Å². The summed E-state index contributed by atoms with van der Waals surface area (Å²) in [6, 6.07) is 0. The fourth-order valence-corrected chi connectivity index (χ4v) is 1.10. The van der Waals surface area contributed by atoms with Crippen LogP contribution in [0.4, 0.5) is 4.79 Å². The molecule has 98 valence electrons. The van der Waals surface area contributed by atoms with Crippen molar-refractivity contribution in [2.24, 2.45) is 5.73 Å². The maximum atomic E-state index is 9.59. The Balaban J connectivity index is 0. The Morgan fingerprint density at radius 2 is 1.56 bits per heavy atom. The van der Waals surface area contributed by atoms with Crippen LogP contribution in [-0.4, -0.2) is 35.5 Å². The SMILES string of the molecule is CC(C)(C)OC(C)(C)C.NCCNC(=O)O. The topological polar surface area (TPSA) is 84.6 Å². The van der Waals surface area contributed by atoms with Crippen LogP contribution in [0.15, 0.2) is 0 Å². The quantitative estimate of drug-likeness (QED) is 0.680. The summed E-state index contributed by atoms with van der Waals surface area (Å²) >= 11 is 0. The first kappa shape index (κ1) is 17.6. The van der Waals surface area contributed by atoms with Crippen LogP contribution in [0.1, 0.15) is 41.5 Å². The zero-order valence-corrected chi connectivity index (χ0v) is 11.3. The molecule has 0 radical (unpaired) electrons. The molecule has 0 spiro atoms. The van der Waals surface area contributed by atoms with E-state index in [1.54, 1.807) is 0 Å². The average molecular weight is 234 g/mol. The molecular formula is C11H26N2O3. The summed E-state index contributed by atoms with van der Waals surface area (Å²) in [5, 5.41) is 9.96. The number of carbonyl (C=O) groups is 1. The van der Waals surface area contributed by atoms with E-state index in [0.717, 1.165) is 0 Å². The molecule has 0 aromatic heterocycles. The van der Waals surface area contributed by atoms with Gasteiger partial charge in [0.2, 0.25) is 0 Å². The molecule has 0 bridgehead atoms. The summed E-state index contributed by atoms with van der Waals surface area (Å²) in [4.78, 5) is 9.59. The molecule has 5 nitrogen and oxygen atoms in total. The number of carboxylic acid groups (broad SMARTS) is 1. The Labute approximate surface area is 98.4 Å². The summed E-state index contributed by atoms with van der Waals surface area (Å²) in [5.41, 5.74) is 4.92. The van der Waals surface area contributed by atoms with E-state index in [9.17, 15) is 4.79 Å². The number of rotatable bonds is 2. The van der Waals surface area contributed by atoms with Gasteiger partial charge in [0, 0.05) is 13.1 Å². The highest BCUT2D eigenvalue weighted by molar-refractivity contribution is 5.64. The minimum absolute atomic E-state index is 0.0156. The second-order valence-corrected chi connectivity index (χ2v) is 5.35. The highest BCUT2D eigenvalue weighted by Gasteiger charge is 2.19. The number of nitrogens with one attached hydrogen (secondary N) is 1. The molecule has 0 saturated heterocycles. The smallest absolute Gasteiger partial charge is 0.404 e. The maximum Gasteiger partial charge on any atom is 0.404 e. The van der Waals surface area contributed by atoms with Crippen LogP contribution < -0.4 is 11.1 Å². The van der Waals surface area contributed by atoms with Crippen molar-refractivity contribution >= 4 is 6.09 Å². The fraction of sp³-hybridized carbons (Fsp3) is 0.909. The summed E-state index contributed by atoms with van der Waals surface area (Å²) in [6.45, 7) is 13.1. The van der Waals surface area contributed by atoms with Gasteiger partial charge in [-0.1, -0.05) is 0 Å². The van der Waals surface area contributed by atoms with Crippen LogP contribution >= 0.6 is 0 Å². The molecule has 1 amide bonds. The standard InChI is InChI=1S/C8H18O.C3H8N2O2/c1-7(2,3)9-8(4,5)6;4-1-2-5-3(6)7/h1-6H3;5H,1-2,4H2,(H,6,7). The summed E-state index contributed by atoms with van der Waals surface area (Å²) in [7, 11) is 0. The molecule has 16 heavy (non-hydrogen) atoms. The van der Waals surface area contributed by atoms with Crippen molar-refractivity contribution < 1.29 is 14.6 Å². The minimum Gasteiger partial charge on any atom is -0.465 e. The monoisotopic (exact) mass is 234 g/mol. The zero-order valence-electron chi connectivity index (χ0n) is 11.3. The van der Waals surface area contributed by atoms with E-state index in [4.69, 9.17) is 15.6 Å². The van der Waals surface area contributed by atoms with Crippen LogP contribution in [0.2, 0.25) is 0 Å². The third-order valence-corrected chi connectivity index (χ3v) is 1.03. The van der Waals surface area contributed by atoms with Crippen LogP contribution in [0.25, 0.3) is 0 Å².